The minimum atomic E-state index is -1.31. The van der Waals surface area contributed by atoms with Crippen molar-refractivity contribution < 1.29 is 23.8 Å². The monoisotopic (exact) mass is 284 g/mol. The van der Waals surface area contributed by atoms with Crippen LogP contribution in [-0.4, -0.2) is 48.8 Å². The molecule has 2 N–H and O–H groups in total. The predicted octanol–water partition coefficient (Wildman–Crippen LogP) is 2.02. The van der Waals surface area contributed by atoms with Gasteiger partial charge in [-0.25, -0.2) is 14.0 Å². The van der Waals surface area contributed by atoms with Gasteiger partial charge in [0.1, 0.15) is 5.82 Å². The Morgan fingerprint density at radius 3 is 2.70 bits per heavy atom. The number of methoxy groups -OCH3 is 1. The number of carboxylic acid groups (broad SMARTS) is 1. The Kier molecular flexibility index (Phi) is 5.92. The van der Waals surface area contributed by atoms with Gasteiger partial charge in [-0.1, -0.05) is 0 Å². The maximum atomic E-state index is 13.0. The molecule has 0 fully saturated rings. The van der Waals surface area contributed by atoms with E-state index in [4.69, 9.17) is 9.84 Å². The van der Waals surface area contributed by atoms with Crippen LogP contribution in [0.5, 0.6) is 0 Å². The van der Waals surface area contributed by atoms with Gasteiger partial charge in [-0.2, -0.15) is 0 Å². The van der Waals surface area contributed by atoms with E-state index < -0.39 is 17.8 Å². The lowest BCUT2D eigenvalue weighted by molar-refractivity contribution is 0.0697. The molecule has 1 aromatic rings. The van der Waals surface area contributed by atoms with Gasteiger partial charge in [-0.15, -0.1) is 0 Å². The zero-order valence-electron chi connectivity index (χ0n) is 11.4. The van der Waals surface area contributed by atoms with Crippen molar-refractivity contribution in [3.8, 4) is 0 Å². The third-order valence-corrected chi connectivity index (χ3v) is 2.69. The smallest absolute Gasteiger partial charge is 0.337 e. The fourth-order valence-corrected chi connectivity index (χ4v) is 1.60. The molecule has 1 aromatic carbocycles. The number of anilines is 1. The molecular weight excluding hydrogens is 267 g/mol. The van der Waals surface area contributed by atoms with E-state index >= 15 is 0 Å². The highest BCUT2D eigenvalue weighted by atomic mass is 19.1. The Morgan fingerprint density at radius 2 is 2.15 bits per heavy atom. The van der Waals surface area contributed by atoms with E-state index in [0.29, 0.717) is 19.7 Å². The zero-order valence-corrected chi connectivity index (χ0v) is 11.4. The number of likely N-dealkylation sites (N-methyl/N-ethyl adjacent to an activating group) is 1. The van der Waals surface area contributed by atoms with Crippen LogP contribution in [0, 0.1) is 5.82 Å². The Morgan fingerprint density at radius 1 is 1.45 bits per heavy atom. The topological polar surface area (TPSA) is 78.9 Å². The third-order valence-electron chi connectivity index (χ3n) is 2.69. The normalized spacial score (nSPS) is 10.2. The number of benzene rings is 1. The van der Waals surface area contributed by atoms with Gasteiger partial charge in [0.2, 0.25) is 0 Å². The van der Waals surface area contributed by atoms with E-state index in [9.17, 15) is 14.0 Å². The van der Waals surface area contributed by atoms with Crippen molar-refractivity contribution in [2.75, 3.05) is 32.1 Å². The van der Waals surface area contributed by atoms with E-state index in [2.05, 4.69) is 5.32 Å². The van der Waals surface area contributed by atoms with Gasteiger partial charge >= 0.3 is 12.0 Å². The summed E-state index contributed by atoms with van der Waals surface area (Å²) in [6.45, 7) is 2.98. The first-order valence-corrected chi connectivity index (χ1v) is 6.07. The van der Waals surface area contributed by atoms with Crippen molar-refractivity contribution in [2.45, 2.75) is 6.92 Å². The molecule has 6 nitrogen and oxygen atoms in total. The van der Waals surface area contributed by atoms with Crippen LogP contribution in [0.4, 0.5) is 14.9 Å². The number of nitrogens with zero attached hydrogens (tertiary/aromatic N) is 1. The molecule has 110 valence electrons. The van der Waals surface area contributed by atoms with Gasteiger partial charge < -0.3 is 20.1 Å². The van der Waals surface area contributed by atoms with Crippen molar-refractivity contribution in [1.29, 1.82) is 0 Å². The fourth-order valence-electron chi connectivity index (χ4n) is 1.60. The Labute approximate surface area is 116 Å². The molecule has 0 saturated heterocycles. The maximum absolute atomic E-state index is 13.0. The average molecular weight is 284 g/mol. The lowest BCUT2D eigenvalue weighted by Gasteiger charge is -2.21. The number of hydrogen-bond acceptors (Lipinski definition) is 3. The zero-order chi connectivity index (χ0) is 15.1. The van der Waals surface area contributed by atoms with Crippen LogP contribution in [-0.2, 0) is 4.74 Å². The quantitative estimate of drug-likeness (QED) is 0.837. The molecule has 0 aliphatic carbocycles. The van der Waals surface area contributed by atoms with Gasteiger partial charge in [0.15, 0.2) is 0 Å². The summed E-state index contributed by atoms with van der Waals surface area (Å²) < 4.78 is 17.9. The molecule has 0 saturated carbocycles. The number of carbonyl (C=O) groups is 2. The fraction of sp³-hybridized carbons (Fsp3) is 0.385. The number of urea groups is 1. The van der Waals surface area contributed by atoms with Crippen LogP contribution in [0.2, 0.25) is 0 Å². The predicted molar refractivity (Wildman–Crippen MR) is 71.5 cm³/mol. The van der Waals surface area contributed by atoms with Crippen molar-refractivity contribution in [1.82, 2.24) is 4.90 Å². The summed E-state index contributed by atoms with van der Waals surface area (Å²) in [6.07, 6.45) is 0. The number of halogens is 1. The van der Waals surface area contributed by atoms with Crippen LogP contribution in [0.3, 0.4) is 0 Å². The second kappa shape index (κ2) is 7.44. The van der Waals surface area contributed by atoms with E-state index in [1.54, 1.807) is 6.92 Å². The highest BCUT2D eigenvalue weighted by Gasteiger charge is 2.16. The number of ether oxygens (including phenoxy) is 1. The highest BCUT2D eigenvalue weighted by molar-refractivity contribution is 6.00. The maximum Gasteiger partial charge on any atom is 0.337 e. The first-order valence-electron chi connectivity index (χ1n) is 6.07. The van der Waals surface area contributed by atoms with Gasteiger partial charge in [0.05, 0.1) is 17.9 Å². The Hall–Kier alpha value is -2.15. The number of hydrogen-bond donors (Lipinski definition) is 2. The van der Waals surface area contributed by atoms with Crippen LogP contribution >= 0.6 is 0 Å². The molecular formula is C13H17FN2O4. The van der Waals surface area contributed by atoms with E-state index in [-0.39, 0.29) is 11.3 Å². The van der Waals surface area contributed by atoms with Crippen LogP contribution in [0.25, 0.3) is 0 Å². The second-order valence-corrected chi connectivity index (χ2v) is 4.00. The number of aromatic carboxylic acids is 1. The standard InChI is InChI=1S/C13H17FN2O4/c1-3-16(6-7-20-2)13(19)15-11-5-4-9(14)8-10(11)12(17)18/h4-5,8H,3,6-7H2,1-2H3,(H,15,19)(H,17,18). The first kappa shape index (κ1) is 15.9. The molecule has 0 heterocycles. The lowest BCUT2D eigenvalue weighted by atomic mass is 10.1. The Bertz CT molecular complexity index is 493. The molecule has 2 amide bonds. The molecule has 0 aliphatic heterocycles. The summed E-state index contributed by atoms with van der Waals surface area (Å²) in [5.41, 5.74) is -0.235. The SMILES string of the molecule is CCN(CCOC)C(=O)Nc1ccc(F)cc1C(=O)O. The van der Waals surface area contributed by atoms with Gasteiger partial charge in [-0.3, -0.25) is 0 Å². The summed E-state index contributed by atoms with van der Waals surface area (Å²) in [5, 5.41) is 11.5. The van der Waals surface area contributed by atoms with Crippen molar-refractivity contribution in [3.05, 3.63) is 29.6 Å². The average Bonchev–Trinajstić information content (AvgIpc) is 2.41. The molecule has 0 spiro atoms. The summed E-state index contributed by atoms with van der Waals surface area (Å²) >= 11 is 0. The van der Waals surface area contributed by atoms with Crippen LogP contribution < -0.4 is 5.32 Å². The minimum Gasteiger partial charge on any atom is -0.478 e. The van der Waals surface area contributed by atoms with Crippen LogP contribution in [0.15, 0.2) is 18.2 Å². The molecule has 0 aliphatic rings. The van der Waals surface area contributed by atoms with E-state index in [0.717, 1.165) is 12.1 Å². The molecule has 0 unspecified atom stereocenters. The number of nitrogens with one attached hydrogen (secondary N) is 1. The first-order chi connectivity index (χ1) is 9.49. The van der Waals surface area contributed by atoms with E-state index in [1.807, 2.05) is 0 Å². The molecule has 7 heteroatoms. The Balaban J connectivity index is 2.86. The molecule has 0 aromatic heterocycles. The van der Waals surface area contributed by atoms with Gasteiger partial charge in [0.25, 0.3) is 0 Å². The van der Waals surface area contributed by atoms with Crippen molar-refractivity contribution >= 4 is 17.7 Å². The summed E-state index contributed by atoms with van der Waals surface area (Å²) in [6, 6.07) is 2.72. The molecule has 0 atom stereocenters. The number of carboxylic acids is 1. The summed E-state index contributed by atoms with van der Waals surface area (Å²) in [7, 11) is 1.52. The minimum absolute atomic E-state index is 0.0553. The van der Waals surface area contributed by atoms with Gasteiger partial charge in [0, 0.05) is 20.2 Å². The summed E-state index contributed by atoms with van der Waals surface area (Å²) in [4.78, 5) is 24.5. The number of carbonyl (C=O) groups excluding carboxylic acids is 1. The lowest BCUT2D eigenvalue weighted by Crippen LogP contribution is -2.37. The van der Waals surface area contributed by atoms with E-state index in [1.165, 1.54) is 18.1 Å². The molecule has 0 radical (unpaired) electrons. The van der Waals surface area contributed by atoms with Gasteiger partial charge in [-0.05, 0) is 25.1 Å². The number of rotatable bonds is 6. The molecule has 1 rings (SSSR count). The highest BCUT2D eigenvalue weighted by Crippen LogP contribution is 2.17. The third kappa shape index (κ3) is 4.20. The number of amides is 2. The summed E-state index contributed by atoms with van der Waals surface area (Å²) in [5.74, 6) is -1.98. The van der Waals surface area contributed by atoms with Crippen molar-refractivity contribution in [2.24, 2.45) is 0 Å². The van der Waals surface area contributed by atoms with Crippen molar-refractivity contribution in [3.63, 3.8) is 0 Å². The molecule has 0 bridgehead atoms. The molecule has 20 heavy (non-hydrogen) atoms. The second-order valence-electron chi connectivity index (χ2n) is 4.00. The van der Waals surface area contributed by atoms with Crippen LogP contribution in [0.1, 0.15) is 17.3 Å². The largest absolute Gasteiger partial charge is 0.478 e.